The van der Waals surface area contributed by atoms with E-state index < -0.39 is 18.3 Å². The van der Waals surface area contributed by atoms with Crippen LogP contribution in [0.1, 0.15) is 53.9 Å². The third-order valence-electron chi connectivity index (χ3n) is 6.15. The van der Waals surface area contributed by atoms with Crippen LogP contribution in [0.5, 0.6) is 0 Å². The van der Waals surface area contributed by atoms with E-state index in [1.165, 1.54) is 10.6 Å². The molecule has 144 valence electrons. The Morgan fingerprint density at radius 3 is 2.48 bits per heavy atom. The van der Waals surface area contributed by atoms with Crippen LogP contribution in [-0.4, -0.2) is 24.9 Å². The molecule has 3 nitrogen and oxygen atoms in total. The number of halogens is 1. The highest BCUT2D eigenvalue weighted by molar-refractivity contribution is 8.03. The molecule has 4 rings (SSSR count). The lowest BCUT2D eigenvalue weighted by Crippen LogP contribution is -2.41. The van der Waals surface area contributed by atoms with E-state index in [-0.39, 0.29) is 5.73 Å². The van der Waals surface area contributed by atoms with Gasteiger partial charge in [-0.3, -0.25) is 0 Å². The maximum absolute atomic E-state index is 15.5. The first kappa shape index (κ1) is 19.1. The Kier molecular flexibility index (Phi) is 4.72. The van der Waals surface area contributed by atoms with Gasteiger partial charge in [0.2, 0.25) is 0 Å². The van der Waals surface area contributed by atoms with E-state index in [1.807, 2.05) is 27.7 Å². The predicted molar refractivity (Wildman–Crippen MR) is 110 cm³/mol. The largest absolute Gasteiger partial charge is 0.525 e. The van der Waals surface area contributed by atoms with Crippen molar-refractivity contribution >= 4 is 24.6 Å². The topological polar surface area (TPSA) is 21.7 Å². The van der Waals surface area contributed by atoms with Crippen molar-refractivity contribution in [1.29, 1.82) is 0 Å². The maximum Gasteiger partial charge on any atom is 0.525 e. The molecule has 1 saturated heterocycles. The quantitative estimate of drug-likeness (QED) is 0.592. The van der Waals surface area contributed by atoms with Gasteiger partial charge in [0.05, 0.1) is 21.9 Å². The van der Waals surface area contributed by atoms with Gasteiger partial charge in [-0.2, -0.15) is 0 Å². The van der Waals surface area contributed by atoms with Crippen LogP contribution in [0.3, 0.4) is 0 Å². The lowest BCUT2D eigenvalue weighted by molar-refractivity contribution is 0.00578. The third-order valence-corrected chi connectivity index (χ3v) is 7.37. The first-order valence-corrected chi connectivity index (χ1v) is 10.6. The second kappa shape index (κ2) is 6.68. The zero-order chi connectivity index (χ0) is 19.4. The Labute approximate surface area is 166 Å². The standard InChI is InChI=1S/C21H27BFNO2S/c1-6-24-16-12-7-8-13-17(16)27-19(24)15-11-9-10-14(15)18(23)22-25-20(2,3)21(4,5)26-22/h7-8,12-13H,6,9-11H2,1-5H3/b18-14?,19-15-. The fraction of sp³-hybridized carbons (Fsp3) is 0.524. The summed E-state index contributed by atoms with van der Waals surface area (Å²) in [4.78, 5) is 3.54. The van der Waals surface area contributed by atoms with E-state index in [0.29, 0.717) is 0 Å². The summed E-state index contributed by atoms with van der Waals surface area (Å²) in [7, 11) is -0.914. The van der Waals surface area contributed by atoms with Crippen LogP contribution in [0.2, 0.25) is 0 Å². The molecule has 2 fully saturated rings. The number of hydrogen-bond donors (Lipinski definition) is 0. The number of benzene rings is 1. The monoisotopic (exact) mass is 387 g/mol. The van der Waals surface area contributed by atoms with Crippen molar-refractivity contribution in [3.8, 4) is 0 Å². The Balaban J connectivity index is 1.73. The summed E-state index contributed by atoms with van der Waals surface area (Å²) in [6, 6.07) is 8.40. The highest BCUT2D eigenvalue weighted by Gasteiger charge is 2.54. The summed E-state index contributed by atoms with van der Waals surface area (Å²) < 4.78 is 27.5. The van der Waals surface area contributed by atoms with Crippen LogP contribution < -0.4 is 4.90 Å². The minimum absolute atomic E-state index is 0.249. The first-order valence-electron chi connectivity index (χ1n) is 9.77. The van der Waals surface area contributed by atoms with Gasteiger partial charge in [-0.15, -0.1) is 0 Å². The van der Waals surface area contributed by atoms with Crippen molar-refractivity contribution < 1.29 is 13.7 Å². The van der Waals surface area contributed by atoms with Crippen molar-refractivity contribution in [3.63, 3.8) is 0 Å². The van der Waals surface area contributed by atoms with Crippen LogP contribution >= 0.6 is 11.8 Å². The summed E-state index contributed by atoms with van der Waals surface area (Å²) in [5.41, 5.74) is 1.80. The Hall–Kier alpha value is -1.24. The summed E-state index contributed by atoms with van der Waals surface area (Å²) in [6.07, 6.45) is 2.60. The number of allylic oxidation sites excluding steroid dienone is 2. The minimum atomic E-state index is -0.914. The van der Waals surface area contributed by atoms with Gasteiger partial charge in [-0.1, -0.05) is 23.9 Å². The number of thioether (sulfide) groups is 1. The summed E-state index contributed by atoms with van der Waals surface area (Å²) >= 11 is 1.75. The van der Waals surface area contributed by atoms with E-state index in [9.17, 15) is 0 Å². The van der Waals surface area contributed by atoms with Gasteiger partial charge in [0.15, 0.2) is 0 Å². The molecule has 0 amide bonds. The van der Waals surface area contributed by atoms with Crippen LogP contribution in [0, 0.1) is 0 Å². The van der Waals surface area contributed by atoms with E-state index in [4.69, 9.17) is 9.31 Å². The molecule has 2 aliphatic heterocycles. The Morgan fingerprint density at radius 2 is 1.81 bits per heavy atom. The molecular formula is C21H27BFNO2S. The normalized spacial score (nSPS) is 28.1. The second-order valence-electron chi connectivity index (χ2n) is 8.37. The molecule has 1 aliphatic carbocycles. The number of rotatable bonds is 2. The fourth-order valence-corrected chi connectivity index (χ4v) is 5.23. The van der Waals surface area contributed by atoms with Gasteiger partial charge in [-0.25, -0.2) is 4.39 Å². The third kappa shape index (κ3) is 3.06. The lowest BCUT2D eigenvalue weighted by atomic mass is 9.83. The van der Waals surface area contributed by atoms with Crippen LogP contribution in [-0.2, 0) is 9.31 Å². The van der Waals surface area contributed by atoms with Gasteiger partial charge in [-0.05, 0) is 77.2 Å². The molecule has 0 atom stereocenters. The van der Waals surface area contributed by atoms with Crippen LogP contribution in [0.15, 0.2) is 51.1 Å². The van der Waals surface area contributed by atoms with E-state index in [2.05, 4.69) is 36.1 Å². The smallest absolute Gasteiger partial charge is 0.398 e. The SMILES string of the molecule is CCN1/C(=C2\CCCC2=C(F)B2OC(C)(C)C(C)(C)O2)Sc2ccccc21. The van der Waals surface area contributed by atoms with Gasteiger partial charge in [0.1, 0.15) is 5.73 Å². The van der Waals surface area contributed by atoms with E-state index in [1.54, 1.807) is 11.8 Å². The van der Waals surface area contributed by atoms with E-state index in [0.717, 1.165) is 42.0 Å². The lowest BCUT2D eigenvalue weighted by Gasteiger charge is -2.32. The highest BCUT2D eigenvalue weighted by atomic mass is 32.2. The minimum Gasteiger partial charge on any atom is -0.398 e. The average Bonchev–Trinajstić information content (AvgIpc) is 3.28. The van der Waals surface area contributed by atoms with E-state index >= 15 is 4.39 Å². The first-order chi connectivity index (χ1) is 12.7. The molecule has 27 heavy (non-hydrogen) atoms. The second-order valence-corrected chi connectivity index (χ2v) is 9.40. The summed E-state index contributed by atoms with van der Waals surface area (Å²) in [6.45, 7) is 10.9. The molecule has 0 spiro atoms. The number of nitrogens with zero attached hydrogens (tertiary/aromatic N) is 1. The van der Waals surface area contributed by atoms with Crippen molar-refractivity contribution in [1.82, 2.24) is 0 Å². The molecule has 1 aromatic rings. The zero-order valence-corrected chi connectivity index (χ0v) is 17.6. The Bertz CT molecular complexity index is 817. The zero-order valence-electron chi connectivity index (χ0n) is 16.8. The Morgan fingerprint density at radius 1 is 1.15 bits per heavy atom. The number of para-hydroxylation sites is 1. The predicted octanol–water partition coefficient (Wildman–Crippen LogP) is 5.87. The molecule has 2 heterocycles. The molecule has 1 saturated carbocycles. The van der Waals surface area contributed by atoms with Gasteiger partial charge in [0, 0.05) is 11.4 Å². The molecule has 0 unspecified atom stereocenters. The molecule has 0 bridgehead atoms. The summed E-state index contributed by atoms with van der Waals surface area (Å²) in [5.74, 6) is 0. The number of hydrogen-bond acceptors (Lipinski definition) is 4. The van der Waals surface area contributed by atoms with Crippen LogP contribution in [0.25, 0.3) is 0 Å². The summed E-state index contributed by atoms with van der Waals surface area (Å²) in [5, 5.41) is 1.16. The molecular weight excluding hydrogens is 360 g/mol. The molecule has 0 aromatic heterocycles. The van der Waals surface area contributed by atoms with Crippen molar-refractivity contribution in [2.45, 2.75) is 70.0 Å². The van der Waals surface area contributed by atoms with Crippen molar-refractivity contribution in [3.05, 3.63) is 46.2 Å². The molecule has 0 N–H and O–H groups in total. The van der Waals surface area contributed by atoms with Gasteiger partial charge < -0.3 is 14.2 Å². The molecule has 1 aromatic carbocycles. The molecule has 3 aliphatic rings. The molecule has 6 heteroatoms. The average molecular weight is 387 g/mol. The van der Waals surface area contributed by atoms with Gasteiger partial charge >= 0.3 is 7.12 Å². The fourth-order valence-electron chi connectivity index (χ4n) is 3.91. The number of fused-ring (bicyclic) bond motifs is 1. The molecule has 0 radical (unpaired) electrons. The van der Waals surface area contributed by atoms with Crippen LogP contribution in [0.4, 0.5) is 10.1 Å². The van der Waals surface area contributed by atoms with Crippen molar-refractivity contribution in [2.24, 2.45) is 0 Å². The highest BCUT2D eigenvalue weighted by Crippen LogP contribution is 2.51. The number of anilines is 1. The van der Waals surface area contributed by atoms with Gasteiger partial charge in [0.25, 0.3) is 0 Å². The maximum atomic E-state index is 15.5. The van der Waals surface area contributed by atoms with Crippen molar-refractivity contribution in [2.75, 3.05) is 11.4 Å².